The van der Waals surface area contributed by atoms with E-state index in [1.54, 1.807) is 24.3 Å². The van der Waals surface area contributed by atoms with Gasteiger partial charge in [-0.1, -0.05) is 36.4 Å². The Kier molecular flexibility index (Phi) is 6.83. The maximum atomic E-state index is 12.6. The molecule has 2 amide bonds. The molecule has 0 radical (unpaired) electrons. The molecule has 3 rings (SSSR count). The lowest BCUT2D eigenvalue weighted by Gasteiger charge is -2.15. The molecule has 1 heterocycles. The van der Waals surface area contributed by atoms with Crippen molar-refractivity contribution in [2.45, 2.75) is 19.4 Å². The van der Waals surface area contributed by atoms with E-state index in [1.165, 1.54) is 17.9 Å². The second-order valence-electron chi connectivity index (χ2n) is 6.41. The molecule has 0 aliphatic carbocycles. The van der Waals surface area contributed by atoms with Crippen molar-refractivity contribution < 1.29 is 19.1 Å². The van der Waals surface area contributed by atoms with Crippen molar-refractivity contribution in [3.8, 4) is 0 Å². The van der Waals surface area contributed by atoms with Crippen molar-refractivity contribution in [1.82, 2.24) is 20.2 Å². The number of anilines is 2. The van der Waals surface area contributed by atoms with Gasteiger partial charge in [0.05, 0.1) is 0 Å². The minimum atomic E-state index is -0.807. The number of hydrogen-bond acceptors (Lipinski definition) is 7. The Bertz CT molecular complexity index is 1010. The molecular formula is C20H20N6O4. The van der Waals surface area contributed by atoms with E-state index in [0.29, 0.717) is 17.8 Å². The van der Waals surface area contributed by atoms with Gasteiger partial charge in [-0.05, 0) is 34.2 Å². The molecule has 0 fully saturated rings. The molecule has 2 N–H and O–H groups in total. The summed E-state index contributed by atoms with van der Waals surface area (Å²) in [5.74, 6) is -1.37. The molecule has 10 nitrogen and oxygen atoms in total. The first kappa shape index (κ1) is 20.6. The zero-order chi connectivity index (χ0) is 21.3. The number of carbonyl (C=O) groups excluding carboxylic acids is 3. The molecule has 30 heavy (non-hydrogen) atoms. The number of tetrazole rings is 1. The summed E-state index contributed by atoms with van der Waals surface area (Å²) in [7, 11) is 0. The van der Waals surface area contributed by atoms with Crippen molar-refractivity contribution in [3.05, 3.63) is 66.5 Å². The fraction of sp³-hybridized carbons (Fsp3) is 0.200. The number of hydrogen-bond donors (Lipinski definition) is 2. The van der Waals surface area contributed by atoms with Gasteiger partial charge in [0.15, 0.2) is 12.6 Å². The van der Waals surface area contributed by atoms with Crippen LogP contribution in [0.1, 0.15) is 18.5 Å². The summed E-state index contributed by atoms with van der Waals surface area (Å²) < 4.78 is 6.49. The average Bonchev–Trinajstić information content (AvgIpc) is 3.25. The zero-order valence-corrected chi connectivity index (χ0v) is 16.2. The van der Waals surface area contributed by atoms with Gasteiger partial charge < -0.3 is 15.4 Å². The number of nitrogens with one attached hydrogen (secondary N) is 2. The van der Waals surface area contributed by atoms with Gasteiger partial charge in [0, 0.05) is 24.7 Å². The Labute approximate surface area is 172 Å². The van der Waals surface area contributed by atoms with Crippen LogP contribution < -0.4 is 10.6 Å². The van der Waals surface area contributed by atoms with Crippen LogP contribution in [0, 0.1) is 0 Å². The van der Waals surface area contributed by atoms with E-state index < -0.39 is 24.5 Å². The fourth-order valence-corrected chi connectivity index (χ4v) is 2.74. The summed E-state index contributed by atoms with van der Waals surface area (Å²) in [6, 6.07) is 15.2. The molecule has 154 valence electrons. The van der Waals surface area contributed by atoms with Gasteiger partial charge in [0.1, 0.15) is 6.33 Å². The standard InChI is InChI=1S/C20H20N6O4/c1-14(27)22-16-8-5-9-17(11-16)23-19(28)12-30-20(29)18(26-13-21-24-25-26)10-15-6-3-2-4-7-15/h2-9,11,13,18H,10,12H2,1H3,(H,22,27)(H,23,28)/t18-/m1/s1. The van der Waals surface area contributed by atoms with E-state index in [4.69, 9.17) is 4.74 Å². The molecule has 2 aromatic carbocycles. The predicted molar refractivity (Wildman–Crippen MR) is 107 cm³/mol. The Hall–Kier alpha value is -4.08. The van der Waals surface area contributed by atoms with E-state index in [9.17, 15) is 14.4 Å². The van der Waals surface area contributed by atoms with E-state index in [0.717, 1.165) is 5.56 Å². The molecule has 1 atom stereocenters. The number of amides is 2. The highest BCUT2D eigenvalue weighted by molar-refractivity contribution is 5.94. The second-order valence-corrected chi connectivity index (χ2v) is 6.41. The third-order valence-corrected chi connectivity index (χ3v) is 4.04. The van der Waals surface area contributed by atoms with Gasteiger partial charge in [-0.3, -0.25) is 9.59 Å². The second kappa shape index (κ2) is 9.92. The number of esters is 1. The average molecular weight is 408 g/mol. The number of benzene rings is 2. The van der Waals surface area contributed by atoms with Crippen molar-refractivity contribution in [3.63, 3.8) is 0 Å². The number of aromatic nitrogens is 4. The number of nitrogens with zero attached hydrogens (tertiary/aromatic N) is 4. The molecule has 0 aliphatic rings. The predicted octanol–water partition coefficient (Wildman–Crippen LogP) is 1.60. The third-order valence-electron chi connectivity index (χ3n) is 4.04. The van der Waals surface area contributed by atoms with E-state index in [2.05, 4.69) is 26.2 Å². The highest BCUT2D eigenvalue weighted by Crippen LogP contribution is 2.16. The van der Waals surface area contributed by atoms with Crippen molar-refractivity contribution in [2.75, 3.05) is 17.2 Å². The Balaban J connectivity index is 1.59. The molecule has 1 aromatic heterocycles. The monoisotopic (exact) mass is 408 g/mol. The molecule has 10 heteroatoms. The van der Waals surface area contributed by atoms with E-state index in [-0.39, 0.29) is 5.91 Å². The van der Waals surface area contributed by atoms with Gasteiger partial charge in [-0.25, -0.2) is 9.48 Å². The summed E-state index contributed by atoms with van der Waals surface area (Å²) >= 11 is 0. The summed E-state index contributed by atoms with van der Waals surface area (Å²) in [5.41, 5.74) is 1.90. The first-order valence-corrected chi connectivity index (χ1v) is 9.12. The maximum absolute atomic E-state index is 12.6. The lowest BCUT2D eigenvalue weighted by molar-refractivity contribution is -0.151. The van der Waals surface area contributed by atoms with Crippen LogP contribution in [-0.2, 0) is 25.5 Å². The lowest BCUT2D eigenvalue weighted by atomic mass is 10.1. The van der Waals surface area contributed by atoms with Crippen LogP contribution in [-0.4, -0.2) is 44.6 Å². The molecule has 3 aromatic rings. The molecule has 0 saturated carbocycles. The van der Waals surface area contributed by atoms with Crippen molar-refractivity contribution >= 4 is 29.2 Å². The number of carbonyl (C=O) groups is 3. The molecule has 0 unspecified atom stereocenters. The molecule has 0 aliphatic heterocycles. The maximum Gasteiger partial charge on any atom is 0.331 e. The Morgan fingerprint density at radius 2 is 1.77 bits per heavy atom. The van der Waals surface area contributed by atoms with Gasteiger partial charge in [0.25, 0.3) is 5.91 Å². The van der Waals surface area contributed by atoms with Crippen LogP contribution in [0.15, 0.2) is 60.9 Å². The number of ether oxygens (including phenoxy) is 1. The van der Waals surface area contributed by atoms with Crippen LogP contribution in [0.3, 0.4) is 0 Å². The largest absolute Gasteiger partial charge is 0.454 e. The first-order valence-electron chi connectivity index (χ1n) is 9.12. The fourth-order valence-electron chi connectivity index (χ4n) is 2.74. The van der Waals surface area contributed by atoms with Crippen molar-refractivity contribution in [2.24, 2.45) is 0 Å². The Morgan fingerprint density at radius 3 is 2.43 bits per heavy atom. The quantitative estimate of drug-likeness (QED) is 0.542. The molecule has 0 spiro atoms. The van der Waals surface area contributed by atoms with Gasteiger partial charge >= 0.3 is 5.97 Å². The van der Waals surface area contributed by atoms with E-state index >= 15 is 0 Å². The molecule has 0 saturated heterocycles. The number of rotatable bonds is 8. The lowest BCUT2D eigenvalue weighted by Crippen LogP contribution is -2.28. The van der Waals surface area contributed by atoms with Crippen LogP contribution in [0.4, 0.5) is 11.4 Å². The zero-order valence-electron chi connectivity index (χ0n) is 16.2. The van der Waals surface area contributed by atoms with Gasteiger partial charge in [-0.15, -0.1) is 5.10 Å². The van der Waals surface area contributed by atoms with Crippen LogP contribution in [0.5, 0.6) is 0 Å². The summed E-state index contributed by atoms with van der Waals surface area (Å²) in [6.45, 7) is 0.915. The third kappa shape index (κ3) is 5.96. The normalized spacial score (nSPS) is 11.4. The Morgan fingerprint density at radius 1 is 1.03 bits per heavy atom. The molecule has 0 bridgehead atoms. The summed E-state index contributed by atoms with van der Waals surface area (Å²) in [5, 5.41) is 16.2. The topological polar surface area (TPSA) is 128 Å². The van der Waals surface area contributed by atoms with Gasteiger partial charge in [0.2, 0.25) is 5.91 Å². The highest BCUT2D eigenvalue weighted by atomic mass is 16.5. The smallest absolute Gasteiger partial charge is 0.331 e. The van der Waals surface area contributed by atoms with Gasteiger partial charge in [-0.2, -0.15) is 0 Å². The first-order chi connectivity index (χ1) is 14.5. The van der Waals surface area contributed by atoms with Crippen LogP contribution >= 0.6 is 0 Å². The van der Waals surface area contributed by atoms with Crippen molar-refractivity contribution in [1.29, 1.82) is 0 Å². The minimum absolute atomic E-state index is 0.223. The summed E-state index contributed by atoms with van der Waals surface area (Å²) in [6.07, 6.45) is 1.63. The van der Waals surface area contributed by atoms with Crippen LogP contribution in [0.25, 0.3) is 0 Å². The van der Waals surface area contributed by atoms with E-state index in [1.807, 2.05) is 30.3 Å². The van der Waals surface area contributed by atoms with Crippen LogP contribution in [0.2, 0.25) is 0 Å². The SMILES string of the molecule is CC(=O)Nc1cccc(NC(=O)COC(=O)[C@@H](Cc2ccccc2)n2cnnn2)c1. The highest BCUT2D eigenvalue weighted by Gasteiger charge is 2.24. The summed E-state index contributed by atoms with van der Waals surface area (Å²) in [4.78, 5) is 36.0. The molecular weight excluding hydrogens is 388 g/mol. The minimum Gasteiger partial charge on any atom is -0.454 e.